The van der Waals surface area contributed by atoms with Gasteiger partial charge >= 0.3 is 6.18 Å². The molecule has 228 valence electrons. The van der Waals surface area contributed by atoms with Crippen molar-refractivity contribution in [2.24, 2.45) is 0 Å². The molecule has 42 heavy (non-hydrogen) atoms. The Kier molecular flexibility index (Phi) is 9.91. The Morgan fingerprint density at radius 2 is 1.90 bits per heavy atom. The number of sulfone groups is 1. The van der Waals surface area contributed by atoms with Gasteiger partial charge in [-0.2, -0.15) is 13.2 Å². The molecule has 13 heteroatoms. The zero-order valence-electron chi connectivity index (χ0n) is 23.6. The monoisotopic (exact) mass is 610 g/mol. The van der Waals surface area contributed by atoms with Crippen LogP contribution >= 0.6 is 0 Å². The molecule has 0 unspecified atom stereocenters. The van der Waals surface area contributed by atoms with E-state index < -0.39 is 34.8 Å². The zero-order valence-corrected chi connectivity index (χ0v) is 24.4. The molecule has 2 N–H and O–H groups in total. The van der Waals surface area contributed by atoms with Gasteiger partial charge in [0.2, 0.25) is 0 Å². The minimum absolute atomic E-state index is 0.0540. The SMILES string of the molecule is COCCN1CC[C@H](Nc2cccc3c2cc(C#CCNc2ccc(S(C)(=O)=O)cc2OC)n3CC(F)(F)F)[C@H](F)C1. The van der Waals surface area contributed by atoms with Gasteiger partial charge in [0.05, 0.1) is 48.1 Å². The average Bonchev–Trinajstić information content (AvgIpc) is 3.27. The Morgan fingerprint density at radius 1 is 1.12 bits per heavy atom. The number of alkyl halides is 4. The van der Waals surface area contributed by atoms with E-state index >= 15 is 4.39 Å². The highest BCUT2D eigenvalue weighted by atomic mass is 32.2. The molecule has 2 heterocycles. The van der Waals surface area contributed by atoms with Crippen molar-refractivity contribution in [1.82, 2.24) is 9.47 Å². The van der Waals surface area contributed by atoms with Gasteiger partial charge in [-0.15, -0.1) is 0 Å². The molecule has 0 radical (unpaired) electrons. The van der Waals surface area contributed by atoms with Crippen molar-refractivity contribution in [1.29, 1.82) is 0 Å². The molecule has 1 saturated heterocycles. The van der Waals surface area contributed by atoms with Crippen LogP contribution in [0.1, 0.15) is 12.1 Å². The number of aromatic nitrogens is 1. The summed E-state index contributed by atoms with van der Waals surface area (Å²) in [6.45, 7) is 0.893. The lowest BCUT2D eigenvalue weighted by atomic mass is 10.0. The van der Waals surface area contributed by atoms with Crippen LogP contribution in [0.2, 0.25) is 0 Å². The normalized spacial score (nSPS) is 18.0. The predicted molar refractivity (Wildman–Crippen MR) is 155 cm³/mol. The number of halogens is 4. The van der Waals surface area contributed by atoms with Crippen molar-refractivity contribution in [2.45, 2.75) is 36.3 Å². The van der Waals surface area contributed by atoms with Gasteiger partial charge < -0.3 is 24.7 Å². The molecule has 0 spiro atoms. The number of methoxy groups -OCH3 is 2. The van der Waals surface area contributed by atoms with E-state index in [9.17, 15) is 21.6 Å². The van der Waals surface area contributed by atoms with Gasteiger partial charge in [0.15, 0.2) is 9.84 Å². The van der Waals surface area contributed by atoms with E-state index in [1.165, 1.54) is 25.3 Å². The fourth-order valence-electron chi connectivity index (χ4n) is 4.94. The fraction of sp³-hybridized carbons (Fsp3) is 0.448. The lowest BCUT2D eigenvalue weighted by Crippen LogP contribution is -2.48. The van der Waals surface area contributed by atoms with E-state index in [2.05, 4.69) is 22.5 Å². The number of fused-ring (bicyclic) bond motifs is 1. The molecule has 0 amide bonds. The van der Waals surface area contributed by atoms with Crippen molar-refractivity contribution >= 4 is 32.1 Å². The summed E-state index contributed by atoms with van der Waals surface area (Å²) in [6.07, 6.45) is -4.02. The minimum atomic E-state index is -4.49. The van der Waals surface area contributed by atoms with Gasteiger partial charge in [-0.3, -0.25) is 4.90 Å². The molecule has 4 rings (SSSR count). The number of benzene rings is 2. The van der Waals surface area contributed by atoms with E-state index in [1.54, 1.807) is 31.4 Å². The van der Waals surface area contributed by atoms with Gasteiger partial charge in [-0.05, 0) is 42.7 Å². The van der Waals surface area contributed by atoms with Gasteiger partial charge in [0, 0.05) is 50.1 Å². The van der Waals surface area contributed by atoms with Crippen LogP contribution in [0.15, 0.2) is 47.4 Å². The van der Waals surface area contributed by atoms with Crippen LogP contribution in [-0.2, 0) is 21.1 Å². The summed E-state index contributed by atoms with van der Waals surface area (Å²) in [5.41, 5.74) is 1.52. The van der Waals surface area contributed by atoms with E-state index in [4.69, 9.17) is 9.47 Å². The Balaban J connectivity index is 1.56. The topological polar surface area (TPSA) is 84.8 Å². The Labute approximate surface area is 242 Å². The summed E-state index contributed by atoms with van der Waals surface area (Å²) < 4.78 is 90.8. The number of hydrogen-bond acceptors (Lipinski definition) is 7. The van der Waals surface area contributed by atoms with Crippen LogP contribution in [0.25, 0.3) is 10.9 Å². The maximum atomic E-state index is 15.0. The fourth-order valence-corrected chi connectivity index (χ4v) is 5.58. The lowest BCUT2D eigenvalue weighted by molar-refractivity contribution is -0.140. The number of ether oxygens (including phenoxy) is 2. The van der Waals surface area contributed by atoms with Gasteiger partial charge in [0.25, 0.3) is 0 Å². The molecule has 8 nitrogen and oxygen atoms in total. The maximum Gasteiger partial charge on any atom is 0.406 e. The first kappa shape index (κ1) is 31.5. The van der Waals surface area contributed by atoms with E-state index in [1.807, 2.05) is 4.90 Å². The second-order valence-corrected chi connectivity index (χ2v) is 12.1. The third-order valence-electron chi connectivity index (χ3n) is 7.05. The largest absolute Gasteiger partial charge is 0.495 e. The zero-order chi connectivity index (χ0) is 30.5. The van der Waals surface area contributed by atoms with Crippen LogP contribution in [0, 0.1) is 11.8 Å². The Bertz CT molecular complexity index is 1560. The molecule has 1 aliphatic rings. The first-order valence-corrected chi connectivity index (χ1v) is 15.2. The predicted octanol–water partition coefficient (Wildman–Crippen LogP) is 4.55. The van der Waals surface area contributed by atoms with Crippen LogP contribution in [0.4, 0.5) is 28.9 Å². The molecule has 3 aromatic rings. The first-order valence-electron chi connectivity index (χ1n) is 13.3. The van der Waals surface area contributed by atoms with Crippen LogP contribution in [-0.4, -0.2) is 89.5 Å². The molecule has 0 aliphatic carbocycles. The number of likely N-dealkylation sites (tertiary alicyclic amines) is 1. The van der Waals surface area contributed by atoms with E-state index in [0.29, 0.717) is 48.4 Å². The van der Waals surface area contributed by atoms with E-state index in [0.717, 1.165) is 10.8 Å². The van der Waals surface area contributed by atoms with Crippen LogP contribution < -0.4 is 15.4 Å². The highest BCUT2D eigenvalue weighted by Crippen LogP contribution is 2.32. The Hall–Kier alpha value is -3.47. The van der Waals surface area contributed by atoms with Crippen LogP contribution in [0.5, 0.6) is 5.75 Å². The van der Waals surface area contributed by atoms with Crippen LogP contribution in [0.3, 0.4) is 0 Å². The second-order valence-electron chi connectivity index (χ2n) is 10.1. The minimum Gasteiger partial charge on any atom is -0.495 e. The molecule has 2 aromatic carbocycles. The van der Waals surface area contributed by atoms with Crippen molar-refractivity contribution in [3.05, 3.63) is 48.2 Å². The molecule has 1 aromatic heterocycles. The molecule has 1 fully saturated rings. The van der Waals surface area contributed by atoms with Gasteiger partial charge in [-0.25, -0.2) is 12.8 Å². The van der Waals surface area contributed by atoms with Crippen molar-refractivity contribution < 1.29 is 35.5 Å². The third kappa shape index (κ3) is 7.87. The summed E-state index contributed by atoms with van der Waals surface area (Å²) >= 11 is 0. The second kappa shape index (κ2) is 13.2. The first-order chi connectivity index (χ1) is 19.9. The van der Waals surface area contributed by atoms with Gasteiger partial charge in [-0.1, -0.05) is 12.0 Å². The number of rotatable bonds is 10. The molecule has 1 aliphatic heterocycles. The molecular formula is C29H34F4N4O4S. The number of hydrogen-bond donors (Lipinski definition) is 2. The Morgan fingerprint density at radius 3 is 2.57 bits per heavy atom. The van der Waals surface area contributed by atoms with Crippen molar-refractivity contribution in [3.8, 4) is 17.6 Å². The van der Waals surface area contributed by atoms with Crippen molar-refractivity contribution in [3.63, 3.8) is 0 Å². The smallest absolute Gasteiger partial charge is 0.406 e. The van der Waals surface area contributed by atoms with E-state index in [-0.39, 0.29) is 29.4 Å². The number of anilines is 2. The summed E-state index contributed by atoms with van der Waals surface area (Å²) in [4.78, 5) is 2.08. The third-order valence-corrected chi connectivity index (χ3v) is 8.16. The number of nitrogens with zero attached hydrogens (tertiary/aromatic N) is 2. The quantitative estimate of drug-likeness (QED) is 0.258. The maximum absolute atomic E-state index is 15.0. The lowest BCUT2D eigenvalue weighted by Gasteiger charge is -2.35. The number of nitrogens with one attached hydrogen (secondary N) is 2. The highest BCUT2D eigenvalue weighted by molar-refractivity contribution is 7.90. The summed E-state index contributed by atoms with van der Waals surface area (Å²) in [6, 6.07) is 10.4. The molecule has 0 bridgehead atoms. The molecular weight excluding hydrogens is 576 g/mol. The average molecular weight is 611 g/mol. The van der Waals surface area contributed by atoms with Gasteiger partial charge in [0.1, 0.15) is 18.5 Å². The summed E-state index contributed by atoms with van der Waals surface area (Å²) in [5, 5.41) is 6.76. The van der Waals surface area contributed by atoms with Crippen molar-refractivity contribution in [2.75, 3.05) is 63.9 Å². The molecule has 2 atom stereocenters. The molecule has 0 saturated carbocycles. The standard InChI is InChI=1S/C29H34F4N4O4S/c1-40-15-14-36-13-11-25(23(30)18-36)35-24-7-4-8-27-22(24)16-20(37(27)19-29(31,32)33)6-5-12-34-26-10-9-21(42(3,38)39)17-28(26)41-2/h4,7-10,16-17,23,25,34-35H,11-15,18-19H2,1-3H3/t23-,25+/m1/s1. The highest BCUT2D eigenvalue weighted by Gasteiger charge is 2.31. The summed E-state index contributed by atoms with van der Waals surface area (Å²) in [7, 11) is -0.436. The number of piperidine rings is 1. The summed E-state index contributed by atoms with van der Waals surface area (Å²) in [5.74, 6) is 5.96.